The number of sulfonamides is 1. The third-order valence-electron chi connectivity index (χ3n) is 3.11. The van der Waals surface area contributed by atoms with Gasteiger partial charge in [0.2, 0.25) is 10.0 Å². The van der Waals surface area contributed by atoms with Gasteiger partial charge in [0.1, 0.15) is 0 Å². The minimum Gasteiger partial charge on any atom is -0.478 e. The van der Waals surface area contributed by atoms with Crippen molar-refractivity contribution in [1.29, 1.82) is 0 Å². The number of carboxylic acids is 1. The first kappa shape index (κ1) is 17.9. The molecule has 1 aromatic carbocycles. The van der Waals surface area contributed by atoms with E-state index in [9.17, 15) is 18.3 Å². The van der Waals surface area contributed by atoms with Gasteiger partial charge >= 0.3 is 5.97 Å². The molecule has 1 rings (SSSR count). The molecule has 1 unspecified atom stereocenters. The minimum absolute atomic E-state index is 0.0421. The van der Waals surface area contributed by atoms with E-state index in [1.54, 1.807) is 6.92 Å². The van der Waals surface area contributed by atoms with Crippen molar-refractivity contribution in [3.05, 3.63) is 28.3 Å². The Labute approximate surface area is 129 Å². The van der Waals surface area contributed by atoms with Gasteiger partial charge in [0.05, 0.1) is 16.6 Å². The van der Waals surface area contributed by atoms with Gasteiger partial charge in [-0.2, -0.15) is 0 Å². The normalized spacial score (nSPS) is 13.4. The van der Waals surface area contributed by atoms with Crippen LogP contribution in [0.4, 0.5) is 0 Å². The highest BCUT2D eigenvalue weighted by molar-refractivity contribution is 7.89. The van der Waals surface area contributed by atoms with Gasteiger partial charge in [-0.05, 0) is 38.0 Å². The van der Waals surface area contributed by atoms with Crippen LogP contribution < -0.4 is 0 Å². The van der Waals surface area contributed by atoms with Gasteiger partial charge in [-0.25, -0.2) is 17.5 Å². The van der Waals surface area contributed by atoms with Crippen molar-refractivity contribution in [1.82, 2.24) is 4.31 Å². The highest BCUT2D eigenvalue weighted by atomic mass is 35.5. The van der Waals surface area contributed by atoms with E-state index in [0.717, 1.165) is 4.31 Å². The van der Waals surface area contributed by atoms with Crippen LogP contribution in [0.3, 0.4) is 0 Å². The molecule has 0 aliphatic heterocycles. The van der Waals surface area contributed by atoms with Crippen molar-refractivity contribution in [2.24, 2.45) is 0 Å². The van der Waals surface area contributed by atoms with Crippen LogP contribution in [0, 0.1) is 6.92 Å². The third-order valence-corrected chi connectivity index (χ3v) is 5.31. The molecule has 21 heavy (non-hydrogen) atoms. The smallest absolute Gasteiger partial charge is 0.336 e. The molecule has 2 N–H and O–H groups in total. The number of aliphatic hydroxyl groups excluding tert-OH is 1. The van der Waals surface area contributed by atoms with E-state index in [4.69, 9.17) is 16.7 Å². The maximum atomic E-state index is 12.5. The van der Waals surface area contributed by atoms with Crippen LogP contribution >= 0.6 is 11.6 Å². The van der Waals surface area contributed by atoms with Crippen LogP contribution in [0.15, 0.2) is 17.0 Å². The molecule has 8 heteroatoms. The zero-order valence-corrected chi connectivity index (χ0v) is 13.6. The number of hydrogen-bond acceptors (Lipinski definition) is 4. The maximum Gasteiger partial charge on any atom is 0.336 e. The second-order valence-electron chi connectivity index (χ2n) is 4.85. The van der Waals surface area contributed by atoms with Gasteiger partial charge in [0.25, 0.3) is 0 Å². The summed E-state index contributed by atoms with van der Waals surface area (Å²) < 4.78 is 26.0. The molecule has 0 heterocycles. The van der Waals surface area contributed by atoms with Crippen LogP contribution in [0.25, 0.3) is 0 Å². The number of nitrogens with zero attached hydrogens (tertiary/aromatic N) is 1. The highest BCUT2D eigenvalue weighted by Crippen LogP contribution is 2.26. The molecule has 6 nitrogen and oxygen atoms in total. The van der Waals surface area contributed by atoms with Gasteiger partial charge in [0, 0.05) is 18.6 Å². The van der Waals surface area contributed by atoms with Crippen molar-refractivity contribution in [3.63, 3.8) is 0 Å². The Hall–Kier alpha value is -1.15. The van der Waals surface area contributed by atoms with E-state index in [1.807, 2.05) is 0 Å². The number of hydrogen-bond donors (Lipinski definition) is 2. The molecule has 0 aliphatic rings. The standard InChI is InChI=1S/C13H18ClNO5S/c1-8(16)4-5-15(3)21(19,20)12-7-10(14)6-11(9(12)2)13(17)18/h6-8,16H,4-5H2,1-3H3,(H,17,18). The molecule has 0 bridgehead atoms. The summed E-state index contributed by atoms with van der Waals surface area (Å²) in [6, 6.07) is 2.45. The van der Waals surface area contributed by atoms with E-state index < -0.39 is 22.1 Å². The molecule has 0 spiro atoms. The molecule has 0 aromatic heterocycles. The molecule has 0 saturated heterocycles. The number of carboxylic acid groups (broad SMARTS) is 1. The Bertz CT molecular complexity index is 642. The lowest BCUT2D eigenvalue weighted by atomic mass is 10.1. The summed E-state index contributed by atoms with van der Waals surface area (Å²) in [5, 5.41) is 18.4. The Kier molecular flexibility index (Phi) is 5.75. The molecule has 1 atom stereocenters. The number of benzene rings is 1. The van der Waals surface area contributed by atoms with Crippen molar-refractivity contribution in [3.8, 4) is 0 Å². The Morgan fingerprint density at radius 2 is 2.00 bits per heavy atom. The lowest BCUT2D eigenvalue weighted by Crippen LogP contribution is -2.30. The van der Waals surface area contributed by atoms with Gasteiger partial charge in [0.15, 0.2) is 0 Å². The van der Waals surface area contributed by atoms with Gasteiger partial charge in [-0.3, -0.25) is 0 Å². The van der Waals surface area contributed by atoms with Gasteiger partial charge in [-0.15, -0.1) is 0 Å². The average Bonchev–Trinajstić information content (AvgIpc) is 2.37. The summed E-state index contributed by atoms with van der Waals surface area (Å²) in [4.78, 5) is 11.0. The summed E-state index contributed by atoms with van der Waals surface area (Å²) in [7, 11) is -2.50. The lowest BCUT2D eigenvalue weighted by molar-refractivity contribution is 0.0695. The van der Waals surface area contributed by atoms with Crippen LogP contribution in [-0.2, 0) is 10.0 Å². The van der Waals surface area contributed by atoms with E-state index >= 15 is 0 Å². The summed E-state index contributed by atoms with van der Waals surface area (Å²) in [5.74, 6) is -1.24. The van der Waals surface area contributed by atoms with Crippen LogP contribution in [0.2, 0.25) is 5.02 Å². The van der Waals surface area contributed by atoms with Gasteiger partial charge in [-0.1, -0.05) is 11.6 Å². The first-order valence-electron chi connectivity index (χ1n) is 6.25. The molecular weight excluding hydrogens is 318 g/mol. The number of halogens is 1. The zero-order chi connectivity index (χ0) is 16.4. The molecule has 118 valence electrons. The summed E-state index contributed by atoms with van der Waals surface area (Å²) in [6.45, 7) is 3.11. The Morgan fingerprint density at radius 1 is 1.43 bits per heavy atom. The fourth-order valence-electron chi connectivity index (χ4n) is 1.80. The second-order valence-corrected chi connectivity index (χ2v) is 7.30. The van der Waals surface area contributed by atoms with Crippen molar-refractivity contribution in [2.45, 2.75) is 31.3 Å². The summed E-state index contributed by atoms with van der Waals surface area (Å²) >= 11 is 5.82. The van der Waals surface area contributed by atoms with E-state index in [2.05, 4.69) is 0 Å². The minimum atomic E-state index is -3.87. The lowest BCUT2D eigenvalue weighted by Gasteiger charge is -2.20. The molecule has 0 radical (unpaired) electrons. The molecular formula is C13H18ClNO5S. The first-order chi connectivity index (χ1) is 9.57. The molecule has 0 aliphatic carbocycles. The van der Waals surface area contributed by atoms with E-state index in [0.29, 0.717) is 0 Å². The summed E-state index contributed by atoms with van der Waals surface area (Å²) in [5.41, 5.74) is -0.0131. The monoisotopic (exact) mass is 335 g/mol. The van der Waals surface area contributed by atoms with Crippen LogP contribution in [0.5, 0.6) is 0 Å². The number of carbonyl (C=O) groups is 1. The van der Waals surface area contributed by atoms with E-state index in [-0.39, 0.29) is 34.0 Å². The first-order valence-corrected chi connectivity index (χ1v) is 8.07. The largest absolute Gasteiger partial charge is 0.478 e. The molecule has 1 aromatic rings. The van der Waals surface area contributed by atoms with E-state index in [1.165, 1.54) is 26.1 Å². The number of aliphatic hydroxyl groups is 1. The average molecular weight is 336 g/mol. The number of aromatic carboxylic acids is 1. The fraction of sp³-hybridized carbons (Fsp3) is 0.462. The fourth-order valence-corrected chi connectivity index (χ4v) is 3.54. The second kappa shape index (κ2) is 6.74. The quantitative estimate of drug-likeness (QED) is 0.825. The SMILES string of the molecule is Cc1c(C(=O)O)cc(Cl)cc1S(=O)(=O)N(C)CCC(C)O. The molecule has 0 saturated carbocycles. The topological polar surface area (TPSA) is 94.9 Å². The molecule has 0 amide bonds. The zero-order valence-electron chi connectivity index (χ0n) is 12.0. The highest BCUT2D eigenvalue weighted by Gasteiger charge is 2.26. The van der Waals surface area contributed by atoms with Crippen molar-refractivity contribution in [2.75, 3.05) is 13.6 Å². The summed E-state index contributed by atoms with van der Waals surface area (Å²) in [6.07, 6.45) is -0.348. The maximum absolute atomic E-state index is 12.5. The third kappa shape index (κ3) is 4.16. The van der Waals surface area contributed by atoms with Crippen LogP contribution in [-0.4, -0.2) is 48.6 Å². The number of rotatable bonds is 6. The predicted octanol–water partition coefficient (Wildman–Crippen LogP) is 1.74. The van der Waals surface area contributed by atoms with Gasteiger partial charge < -0.3 is 10.2 Å². The molecule has 0 fully saturated rings. The van der Waals surface area contributed by atoms with Crippen LogP contribution in [0.1, 0.15) is 29.3 Å². The predicted molar refractivity (Wildman–Crippen MR) is 79.3 cm³/mol. The van der Waals surface area contributed by atoms with Crippen molar-refractivity contribution < 1.29 is 23.4 Å². The van der Waals surface area contributed by atoms with Crippen molar-refractivity contribution >= 4 is 27.6 Å². The Morgan fingerprint density at radius 3 is 2.48 bits per heavy atom. The Balaban J connectivity index is 3.28.